The number of hydrogen-bond acceptors (Lipinski definition) is 6. The van der Waals surface area contributed by atoms with Crippen molar-refractivity contribution < 1.29 is 9.15 Å². The molecule has 0 aliphatic heterocycles. The number of nitrogens with one attached hydrogen (secondary N) is 2. The predicted octanol–water partition coefficient (Wildman–Crippen LogP) is 1.58. The summed E-state index contributed by atoms with van der Waals surface area (Å²) in [4.78, 5) is 0. The van der Waals surface area contributed by atoms with Crippen LogP contribution in [-0.4, -0.2) is 36.0 Å². The van der Waals surface area contributed by atoms with E-state index in [9.17, 15) is 0 Å². The number of nitrogens with zero attached hydrogens (tertiary/aromatic N) is 2. The molecule has 2 N–H and O–H groups in total. The van der Waals surface area contributed by atoms with E-state index in [0.29, 0.717) is 18.5 Å². The summed E-state index contributed by atoms with van der Waals surface area (Å²) in [6.45, 7) is 9.46. The molecule has 0 saturated heterocycles. The fourth-order valence-corrected chi connectivity index (χ4v) is 1.54. The molecule has 6 nitrogen and oxygen atoms in total. The number of ether oxygens (including phenoxy) is 1. The minimum absolute atomic E-state index is 0.0635. The van der Waals surface area contributed by atoms with Gasteiger partial charge < -0.3 is 19.8 Å². The number of aromatic nitrogens is 2. The molecule has 0 aliphatic rings. The van der Waals surface area contributed by atoms with E-state index >= 15 is 0 Å². The number of anilines is 1. The Morgan fingerprint density at radius 1 is 1.41 bits per heavy atom. The maximum atomic E-state index is 5.53. The molecule has 0 aromatic carbocycles. The van der Waals surface area contributed by atoms with Gasteiger partial charge in [-0.05, 0) is 27.3 Å². The third-order valence-electron chi connectivity index (χ3n) is 2.27. The largest absolute Gasteiger partial charge is 0.406 e. The molecule has 0 amide bonds. The fraction of sp³-hybridized carbons (Fsp3) is 0.818. The van der Waals surface area contributed by atoms with Crippen molar-refractivity contribution in [3.05, 3.63) is 5.89 Å². The highest BCUT2D eigenvalue weighted by Crippen LogP contribution is 2.17. The number of rotatable bonds is 7. The van der Waals surface area contributed by atoms with E-state index in [1.54, 1.807) is 7.11 Å². The zero-order valence-electron chi connectivity index (χ0n) is 11.2. The average Bonchev–Trinajstić information content (AvgIpc) is 2.65. The van der Waals surface area contributed by atoms with Gasteiger partial charge in [-0.1, -0.05) is 12.0 Å². The van der Waals surface area contributed by atoms with Crippen LogP contribution in [0.1, 0.15) is 39.6 Å². The molecule has 1 rings (SSSR count). The molecular formula is C11H22N4O2. The maximum absolute atomic E-state index is 5.53. The highest BCUT2D eigenvalue weighted by atomic mass is 16.5. The van der Waals surface area contributed by atoms with Gasteiger partial charge in [0.2, 0.25) is 5.89 Å². The van der Waals surface area contributed by atoms with Crippen molar-refractivity contribution in [3.8, 4) is 0 Å². The van der Waals surface area contributed by atoms with Crippen molar-refractivity contribution in [2.24, 2.45) is 0 Å². The Labute approximate surface area is 102 Å². The second-order valence-corrected chi connectivity index (χ2v) is 4.67. The first-order chi connectivity index (χ1) is 7.98. The van der Waals surface area contributed by atoms with E-state index < -0.39 is 0 Å². The third kappa shape index (κ3) is 4.32. The molecule has 0 aliphatic carbocycles. The molecule has 1 aromatic rings. The monoisotopic (exact) mass is 242 g/mol. The topological polar surface area (TPSA) is 72.2 Å². The van der Waals surface area contributed by atoms with Gasteiger partial charge in [-0.15, -0.1) is 5.10 Å². The third-order valence-corrected chi connectivity index (χ3v) is 2.27. The fourth-order valence-electron chi connectivity index (χ4n) is 1.54. The first kappa shape index (κ1) is 13.9. The molecule has 1 heterocycles. The van der Waals surface area contributed by atoms with Gasteiger partial charge in [0.05, 0.1) is 18.2 Å². The quantitative estimate of drug-likeness (QED) is 0.756. The Morgan fingerprint density at radius 3 is 2.71 bits per heavy atom. The van der Waals surface area contributed by atoms with E-state index in [4.69, 9.17) is 9.15 Å². The van der Waals surface area contributed by atoms with Gasteiger partial charge in [0.1, 0.15) is 0 Å². The summed E-state index contributed by atoms with van der Waals surface area (Å²) in [5, 5.41) is 14.3. The molecule has 0 radical (unpaired) electrons. The van der Waals surface area contributed by atoms with Crippen LogP contribution in [-0.2, 0) is 4.74 Å². The normalized spacial score (nSPS) is 13.7. The lowest BCUT2D eigenvalue weighted by molar-refractivity contribution is 0.156. The summed E-state index contributed by atoms with van der Waals surface area (Å²) in [5.41, 5.74) is -0.236. The molecule has 0 spiro atoms. The standard InChI is InChI=1S/C11H22N4O2/c1-6-12-8(2)9-14-15-10(17-9)13-11(3,4)7-16-5/h8,12H,6-7H2,1-5H3,(H,13,15). The Kier molecular flexibility index (Phi) is 4.89. The van der Waals surface area contributed by atoms with Crippen molar-refractivity contribution in [1.29, 1.82) is 0 Å². The molecule has 0 fully saturated rings. The molecular weight excluding hydrogens is 220 g/mol. The molecule has 1 unspecified atom stereocenters. The molecule has 1 aromatic heterocycles. The van der Waals surface area contributed by atoms with Crippen LogP contribution >= 0.6 is 0 Å². The van der Waals surface area contributed by atoms with E-state index in [1.165, 1.54) is 0 Å². The molecule has 17 heavy (non-hydrogen) atoms. The Hall–Kier alpha value is -1.14. The van der Waals surface area contributed by atoms with Crippen LogP contribution in [0.4, 0.5) is 6.01 Å². The molecule has 6 heteroatoms. The summed E-state index contributed by atoms with van der Waals surface area (Å²) in [6, 6.07) is 0.486. The van der Waals surface area contributed by atoms with Crippen molar-refractivity contribution in [2.75, 3.05) is 25.6 Å². The van der Waals surface area contributed by atoms with Gasteiger partial charge in [-0.3, -0.25) is 0 Å². The Morgan fingerprint density at radius 2 is 2.12 bits per heavy atom. The predicted molar refractivity (Wildman–Crippen MR) is 66.0 cm³/mol. The van der Waals surface area contributed by atoms with Gasteiger partial charge in [0.15, 0.2) is 0 Å². The van der Waals surface area contributed by atoms with Crippen LogP contribution in [0.3, 0.4) is 0 Å². The van der Waals surface area contributed by atoms with Crippen LogP contribution in [0.5, 0.6) is 0 Å². The summed E-state index contributed by atoms with van der Waals surface area (Å²) in [5.74, 6) is 0.586. The summed E-state index contributed by atoms with van der Waals surface area (Å²) >= 11 is 0. The van der Waals surface area contributed by atoms with Crippen LogP contribution < -0.4 is 10.6 Å². The van der Waals surface area contributed by atoms with Crippen molar-refractivity contribution in [2.45, 2.75) is 39.3 Å². The van der Waals surface area contributed by atoms with Gasteiger partial charge >= 0.3 is 6.01 Å². The van der Waals surface area contributed by atoms with Gasteiger partial charge in [-0.25, -0.2) is 0 Å². The summed E-state index contributed by atoms with van der Waals surface area (Å²) in [6.07, 6.45) is 0. The smallest absolute Gasteiger partial charge is 0.316 e. The number of hydrogen-bond donors (Lipinski definition) is 2. The van der Waals surface area contributed by atoms with E-state index in [-0.39, 0.29) is 11.6 Å². The van der Waals surface area contributed by atoms with Crippen molar-refractivity contribution >= 4 is 6.01 Å². The zero-order chi connectivity index (χ0) is 12.9. The van der Waals surface area contributed by atoms with Crippen LogP contribution in [0.15, 0.2) is 4.42 Å². The lowest BCUT2D eigenvalue weighted by atomic mass is 10.1. The van der Waals surface area contributed by atoms with E-state index in [0.717, 1.165) is 6.54 Å². The average molecular weight is 242 g/mol. The van der Waals surface area contributed by atoms with Gasteiger partial charge in [0, 0.05) is 7.11 Å². The molecule has 0 saturated carbocycles. The summed E-state index contributed by atoms with van der Waals surface area (Å²) in [7, 11) is 1.66. The first-order valence-corrected chi connectivity index (χ1v) is 5.82. The lowest BCUT2D eigenvalue weighted by Gasteiger charge is -2.23. The van der Waals surface area contributed by atoms with Crippen molar-refractivity contribution in [3.63, 3.8) is 0 Å². The van der Waals surface area contributed by atoms with Crippen LogP contribution in [0.25, 0.3) is 0 Å². The molecule has 0 bridgehead atoms. The van der Waals surface area contributed by atoms with Crippen LogP contribution in [0.2, 0.25) is 0 Å². The number of methoxy groups -OCH3 is 1. The second-order valence-electron chi connectivity index (χ2n) is 4.67. The zero-order valence-corrected chi connectivity index (χ0v) is 11.2. The van der Waals surface area contributed by atoms with Gasteiger partial charge in [0.25, 0.3) is 0 Å². The Bertz CT molecular complexity index is 338. The van der Waals surface area contributed by atoms with Gasteiger partial charge in [-0.2, -0.15) is 0 Å². The maximum Gasteiger partial charge on any atom is 0.316 e. The first-order valence-electron chi connectivity index (χ1n) is 5.82. The SMILES string of the molecule is CCNC(C)c1nnc(NC(C)(C)COC)o1. The highest BCUT2D eigenvalue weighted by molar-refractivity contribution is 5.23. The second kappa shape index (κ2) is 5.97. The summed E-state index contributed by atoms with van der Waals surface area (Å²) < 4.78 is 10.6. The Balaban J connectivity index is 2.62. The lowest BCUT2D eigenvalue weighted by Crippen LogP contribution is -2.36. The van der Waals surface area contributed by atoms with Crippen molar-refractivity contribution in [1.82, 2.24) is 15.5 Å². The molecule has 1 atom stereocenters. The highest BCUT2D eigenvalue weighted by Gasteiger charge is 2.21. The molecule has 98 valence electrons. The minimum atomic E-state index is -0.236. The van der Waals surface area contributed by atoms with Crippen LogP contribution in [0, 0.1) is 0 Å². The minimum Gasteiger partial charge on any atom is -0.406 e. The van der Waals surface area contributed by atoms with E-state index in [2.05, 4.69) is 20.8 Å². The van der Waals surface area contributed by atoms with E-state index in [1.807, 2.05) is 27.7 Å².